The number of thioether (sulfide) groups is 1. The maximum Gasteiger partial charge on any atom is 0.413 e. The molecule has 2 aliphatic heterocycles. The summed E-state index contributed by atoms with van der Waals surface area (Å²) in [6.45, 7) is 0.320. The minimum atomic E-state index is -1.28. The summed E-state index contributed by atoms with van der Waals surface area (Å²) in [5.41, 5.74) is 0.527. The first kappa shape index (κ1) is 27.6. The molecule has 1 unspecified atom stereocenters. The van der Waals surface area contributed by atoms with E-state index in [1.165, 1.54) is 16.7 Å². The predicted octanol–water partition coefficient (Wildman–Crippen LogP) is 1.12. The number of nitrogens with zero attached hydrogens (tertiary/aromatic N) is 2. The van der Waals surface area contributed by atoms with Crippen molar-refractivity contribution in [3.8, 4) is 5.75 Å². The smallest absolute Gasteiger partial charge is 0.413 e. The van der Waals surface area contributed by atoms with Gasteiger partial charge in [-0.3, -0.25) is 14.5 Å². The molecule has 4 N–H and O–H groups in total. The number of carboxylic acids is 2. The second kappa shape index (κ2) is 12.4. The zero-order valence-electron chi connectivity index (χ0n) is 20.7. The summed E-state index contributed by atoms with van der Waals surface area (Å²) < 4.78 is 6.86. The monoisotopic (exact) mass is 555 g/mol. The molecular weight excluding hydrogens is 528 g/mol. The number of amides is 3. The van der Waals surface area contributed by atoms with Gasteiger partial charge in [0.2, 0.25) is 5.91 Å². The van der Waals surface area contributed by atoms with Crippen molar-refractivity contribution in [2.24, 2.45) is 0 Å². The molecule has 13 heteroatoms. The van der Waals surface area contributed by atoms with Crippen molar-refractivity contribution in [1.82, 2.24) is 15.5 Å². The van der Waals surface area contributed by atoms with Crippen LogP contribution in [-0.4, -0.2) is 68.2 Å². The number of carbonyl (C=O) groups is 5. The number of carboxylic acid groups (broad SMARTS) is 2. The number of benzene rings is 1. The van der Waals surface area contributed by atoms with E-state index in [0.29, 0.717) is 17.9 Å². The lowest BCUT2D eigenvalue weighted by Crippen LogP contribution is -2.70. The Balaban J connectivity index is 1.28. The summed E-state index contributed by atoms with van der Waals surface area (Å²) in [5.74, 6) is -2.83. The number of fused-ring (bicyclic) bond motifs is 1. The van der Waals surface area contributed by atoms with Crippen LogP contribution in [0.4, 0.5) is 4.79 Å². The van der Waals surface area contributed by atoms with Crippen molar-refractivity contribution in [3.05, 3.63) is 72.2 Å². The SMILES string of the molecule is O=C(CCCC(NC(=O)Oc1ccccc1)C(=O)O)N[C@@H]1C(=O)N2C(C(=O)O)=C(C[n+]3ccccc3)CS[C@@H]12. The van der Waals surface area contributed by atoms with Gasteiger partial charge in [-0.2, -0.15) is 0 Å². The number of hydrogen-bond acceptors (Lipinski definition) is 7. The van der Waals surface area contributed by atoms with E-state index in [4.69, 9.17) is 4.74 Å². The molecule has 204 valence electrons. The fourth-order valence-corrected chi connectivity index (χ4v) is 5.64. The van der Waals surface area contributed by atoms with Gasteiger partial charge in [0, 0.05) is 29.9 Å². The molecule has 1 saturated heterocycles. The largest absolute Gasteiger partial charge is 0.480 e. The highest BCUT2D eigenvalue weighted by Crippen LogP contribution is 2.40. The van der Waals surface area contributed by atoms with Gasteiger partial charge < -0.3 is 25.6 Å². The minimum absolute atomic E-state index is 0.0397. The summed E-state index contributed by atoms with van der Waals surface area (Å²) in [6, 6.07) is 11.5. The van der Waals surface area contributed by atoms with Crippen LogP contribution in [-0.2, 0) is 25.7 Å². The average molecular weight is 556 g/mol. The number of ether oxygens (including phenoxy) is 1. The van der Waals surface area contributed by atoms with Gasteiger partial charge in [-0.05, 0) is 25.0 Å². The molecule has 2 aromatic rings. The van der Waals surface area contributed by atoms with Crippen LogP contribution in [0.1, 0.15) is 19.3 Å². The quantitative estimate of drug-likeness (QED) is 0.235. The van der Waals surface area contributed by atoms with Crippen LogP contribution < -0.4 is 19.9 Å². The van der Waals surface area contributed by atoms with Crippen molar-refractivity contribution in [2.45, 2.75) is 43.3 Å². The van der Waals surface area contributed by atoms with E-state index in [9.17, 15) is 34.2 Å². The lowest BCUT2D eigenvalue weighted by Gasteiger charge is -2.49. The zero-order chi connectivity index (χ0) is 27.9. The third-order valence-corrected chi connectivity index (χ3v) is 7.50. The van der Waals surface area contributed by atoms with Crippen molar-refractivity contribution in [2.75, 3.05) is 5.75 Å². The Morgan fingerprint density at radius 3 is 2.44 bits per heavy atom. The van der Waals surface area contributed by atoms with Crippen LogP contribution in [0.2, 0.25) is 0 Å². The molecule has 1 fully saturated rings. The summed E-state index contributed by atoms with van der Waals surface area (Å²) in [7, 11) is 0. The fraction of sp³-hybridized carbons (Fsp3) is 0.308. The highest BCUT2D eigenvalue weighted by molar-refractivity contribution is 8.00. The van der Waals surface area contributed by atoms with E-state index >= 15 is 0 Å². The van der Waals surface area contributed by atoms with Gasteiger partial charge in [0.1, 0.15) is 28.9 Å². The Bertz CT molecular complexity index is 1290. The van der Waals surface area contributed by atoms with Gasteiger partial charge >= 0.3 is 18.0 Å². The molecule has 2 aliphatic rings. The number of β-lactam (4-membered cyclic amide) rings is 1. The summed E-state index contributed by atoms with van der Waals surface area (Å²) in [5, 5.41) is 23.6. The molecule has 1 aromatic carbocycles. The first-order valence-corrected chi connectivity index (χ1v) is 13.2. The van der Waals surface area contributed by atoms with E-state index < -0.39 is 47.3 Å². The molecule has 3 amide bonds. The number of rotatable bonds is 11. The summed E-state index contributed by atoms with van der Waals surface area (Å²) in [4.78, 5) is 62.2. The molecule has 3 heterocycles. The van der Waals surface area contributed by atoms with E-state index in [1.54, 1.807) is 42.7 Å². The van der Waals surface area contributed by atoms with Gasteiger partial charge in [-0.15, -0.1) is 11.8 Å². The lowest BCUT2D eigenvalue weighted by atomic mass is 10.0. The van der Waals surface area contributed by atoms with Crippen LogP contribution >= 0.6 is 11.8 Å². The van der Waals surface area contributed by atoms with Crippen LogP contribution in [0.25, 0.3) is 0 Å². The number of hydrogen-bond donors (Lipinski definition) is 4. The van der Waals surface area contributed by atoms with Gasteiger partial charge in [0.05, 0.1) is 0 Å². The second-order valence-corrected chi connectivity index (χ2v) is 10.00. The molecule has 39 heavy (non-hydrogen) atoms. The Morgan fingerprint density at radius 2 is 1.77 bits per heavy atom. The van der Waals surface area contributed by atoms with E-state index in [0.717, 1.165) is 0 Å². The molecular formula is C26H27N4O8S+. The number of para-hydroxylation sites is 1. The van der Waals surface area contributed by atoms with Crippen molar-refractivity contribution >= 4 is 41.6 Å². The zero-order valence-corrected chi connectivity index (χ0v) is 21.5. The Hall–Kier alpha value is -4.39. The predicted molar refractivity (Wildman–Crippen MR) is 137 cm³/mol. The van der Waals surface area contributed by atoms with Crippen LogP contribution in [0.15, 0.2) is 72.2 Å². The van der Waals surface area contributed by atoms with Gasteiger partial charge in [-0.1, -0.05) is 24.3 Å². The molecule has 0 saturated carbocycles. The van der Waals surface area contributed by atoms with Crippen LogP contribution in [0.5, 0.6) is 5.75 Å². The molecule has 3 atom stereocenters. The Labute approximate surface area is 227 Å². The van der Waals surface area contributed by atoms with Gasteiger partial charge in [0.15, 0.2) is 18.9 Å². The molecule has 4 rings (SSSR count). The van der Waals surface area contributed by atoms with E-state index in [-0.39, 0.29) is 30.7 Å². The standard InChI is InChI=1S/C26H26N4O8S/c31-19(11-7-10-18(24(33)34)27-26(37)38-17-8-3-1-4-9-17)28-20-22(32)30-21(25(35)36)16(15-39-23(20)30)14-29-12-5-2-6-13-29/h1-6,8-9,12-13,18,20,23H,7,10-11,14-15H2,(H3-,27,28,31,33,34,35,36,37)/p+1/t18?,20-,23+/m1/s1. The third-order valence-electron chi connectivity index (χ3n) is 6.16. The number of nitrogens with one attached hydrogen (secondary N) is 2. The number of aromatic nitrogens is 1. The summed E-state index contributed by atoms with van der Waals surface area (Å²) in [6.07, 6.45) is 2.68. The van der Waals surface area contributed by atoms with Crippen LogP contribution in [0, 0.1) is 0 Å². The van der Waals surface area contributed by atoms with Crippen molar-refractivity contribution < 1.29 is 43.5 Å². The highest BCUT2D eigenvalue weighted by Gasteiger charge is 2.54. The fourth-order valence-electron chi connectivity index (χ4n) is 4.30. The molecule has 1 aromatic heterocycles. The van der Waals surface area contributed by atoms with Gasteiger partial charge in [0.25, 0.3) is 5.91 Å². The molecule has 12 nitrogen and oxygen atoms in total. The van der Waals surface area contributed by atoms with Crippen LogP contribution in [0.3, 0.4) is 0 Å². The molecule has 0 bridgehead atoms. The maximum atomic E-state index is 12.8. The topological polar surface area (TPSA) is 166 Å². The summed E-state index contributed by atoms with van der Waals surface area (Å²) >= 11 is 1.37. The average Bonchev–Trinajstić information content (AvgIpc) is 2.91. The second-order valence-electron chi connectivity index (χ2n) is 8.89. The Morgan fingerprint density at radius 1 is 1.08 bits per heavy atom. The van der Waals surface area contributed by atoms with E-state index in [2.05, 4.69) is 10.6 Å². The molecule has 0 aliphatic carbocycles. The van der Waals surface area contributed by atoms with Crippen molar-refractivity contribution in [3.63, 3.8) is 0 Å². The first-order chi connectivity index (χ1) is 18.7. The molecule has 0 spiro atoms. The maximum absolute atomic E-state index is 12.8. The van der Waals surface area contributed by atoms with Crippen molar-refractivity contribution in [1.29, 1.82) is 0 Å². The minimum Gasteiger partial charge on any atom is -0.480 e. The Kier molecular flexibility index (Phi) is 8.81. The number of aliphatic carboxylic acids is 2. The highest BCUT2D eigenvalue weighted by atomic mass is 32.2. The first-order valence-electron chi connectivity index (χ1n) is 12.1. The molecule has 0 radical (unpaired) electrons. The normalized spacial score (nSPS) is 18.9. The lowest BCUT2D eigenvalue weighted by molar-refractivity contribution is -0.689. The number of carbonyl (C=O) groups excluding carboxylic acids is 3. The van der Waals surface area contributed by atoms with Gasteiger partial charge in [-0.25, -0.2) is 19.0 Å². The number of pyridine rings is 1. The van der Waals surface area contributed by atoms with E-state index in [1.807, 2.05) is 22.8 Å². The third kappa shape index (κ3) is 6.74.